The Morgan fingerprint density at radius 1 is 1.38 bits per heavy atom. The summed E-state index contributed by atoms with van der Waals surface area (Å²) in [5.41, 5.74) is 1.06. The first-order valence-electron chi connectivity index (χ1n) is 5.85. The van der Waals surface area contributed by atoms with Crippen molar-refractivity contribution in [2.24, 2.45) is 5.92 Å². The van der Waals surface area contributed by atoms with Crippen molar-refractivity contribution in [3.05, 3.63) is 18.1 Å². The molecule has 4 nitrogen and oxygen atoms in total. The van der Waals surface area contributed by atoms with Crippen LogP contribution in [0.1, 0.15) is 26.5 Å². The number of nitrogens with zero attached hydrogens (tertiary/aromatic N) is 2. The molecule has 0 spiro atoms. The fourth-order valence-electron chi connectivity index (χ4n) is 1.26. The van der Waals surface area contributed by atoms with Crippen LogP contribution in [-0.2, 0) is 11.2 Å². The van der Waals surface area contributed by atoms with E-state index in [-0.39, 0.29) is 0 Å². The highest BCUT2D eigenvalue weighted by molar-refractivity contribution is 5.34. The molecule has 4 heteroatoms. The zero-order valence-corrected chi connectivity index (χ0v) is 10.4. The topological polar surface area (TPSA) is 47.0 Å². The summed E-state index contributed by atoms with van der Waals surface area (Å²) in [6.07, 6.45) is 2.52. The van der Waals surface area contributed by atoms with E-state index in [0.717, 1.165) is 31.1 Å². The van der Waals surface area contributed by atoms with Crippen LogP contribution < -0.4 is 5.32 Å². The molecular weight excluding hydrogens is 202 g/mol. The van der Waals surface area contributed by atoms with Crippen molar-refractivity contribution >= 4 is 5.82 Å². The largest absolute Gasteiger partial charge is 0.379 e. The van der Waals surface area contributed by atoms with Gasteiger partial charge < -0.3 is 10.1 Å². The van der Waals surface area contributed by atoms with Gasteiger partial charge in [0, 0.05) is 24.9 Å². The summed E-state index contributed by atoms with van der Waals surface area (Å²) in [5, 5.41) is 3.22. The van der Waals surface area contributed by atoms with Crippen molar-refractivity contribution in [3.8, 4) is 0 Å². The lowest BCUT2D eigenvalue weighted by Crippen LogP contribution is -2.13. The molecule has 1 rings (SSSR count). The van der Waals surface area contributed by atoms with Crippen LogP contribution in [0, 0.1) is 5.92 Å². The number of anilines is 1. The molecule has 0 saturated carbocycles. The smallest absolute Gasteiger partial charge is 0.129 e. The Hall–Kier alpha value is -1.16. The number of aromatic nitrogens is 2. The fourth-order valence-corrected chi connectivity index (χ4v) is 1.26. The van der Waals surface area contributed by atoms with Gasteiger partial charge in [0.25, 0.3) is 0 Å². The molecule has 0 atom stereocenters. The first-order valence-corrected chi connectivity index (χ1v) is 5.85. The second-order valence-electron chi connectivity index (χ2n) is 4.14. The average Bonchev–Trinajstić information content (AvgIpc) is 2.28. The van der Waals surface area contributed by atoms with Crippen molar-refractivity contribution in [2.75, 3.05) is 25.1 Å². The monoisotopic (exact) mass is 223 g/mol. The third kappa shape index (κ3) is 5.07. The second kappa shape index (κ2) is 7.17. The van der Waals surface area contributed by atoms with Gasteiger partial charge in [0.2, 0.25) is 0 Å². The minimum Gasteiger partial charge on any atom is -0.379 e. The molecule has 1 aromatic rings. The van der Waals surface area contributed by atoms with Gasteiger partial charge >= 0.3 is 0 Å². The lowest BCUT2D eigenvalue weighted by atomic mass is 10.2. The number of rotatable bonds is 7. The van der Waals surface area contributed by atoms with Gasteiger partial charge in [0.05, 0.1) is 6.61 Å². The van der Waals surface area contributed by atoms with Crippen LogP contribution in [0.25, 0.3) is 0 Å². The first-order chi connectivity index (χ1) is 7.72. The third-order valence-corrected chi connectivity index (χ3v) is 2.09. The van der Waals surface area contributed by atoms with Gasteiger partial charge in [-0.3, -0.25) is 0 Å². The lowest BCUT2D eigenvalue weighted by Gasteiger charge is -2.08. The Labute approximate surface area is 97.5 Å². The number of aryl methyl sites for hydroxylation is 1. The molecule has 0 radical (unpaired) electrons. The van der Waals surface area contributed by atoms with Crippen molar-refractivity contribution in [1.29, 1.82) is 0 Å². The molecule has 1 N–H and O–H groups in total. The second-order valence-corrected chi connectivity index (χ2v) is 4.14. The van der Waals surface area contributed by atoms with Crippen molar-refractivity contribution in [2.45, 2.75) is 27.2 Å². The minimum absolute atomic E-state index is 0.589. The van der Waals surface area contributed by atoms with E-state index in [1.807, 2.05) is 6.07 Å². The predicted molar refractivity (Wildman–Crippen MR) is 65.6 cm³/mol. The zero-order valence-electron chi connectivity index (χ0n) is 10.4. The van der Waals surface area contributed by atoms with Gasteiger partial charge in [-0.15, -0.1) is 0 Å². The minimum atomic E-state index is 0.589. The maximum Gasteiger partial charge on any atom is 0.129 e. The molecule has 1 heterocycles. The molecule has 0 aliphatic carbocycles. The first kappa shape index (κ1) is 12.9. The Kier molecular flexibility index (Phi) is 5.78. The van der Waals surface area contributed by atoms with Crippen LogP contribution in [0.15, 0.2) is 12.4 Å². The number of hydrogen-bond donors (Lipinski definition) is 1. The molecule has 0 unspecified atom stereocenters. The lowest BCUT2D eigenvalue weighted by molar-refractivity contribution is 0.118. The standard InChI is InChI=1S/C12H21N3O/c1-4-11-7-12(15-9-14-11)13-5-6-16-8-10(2)3/h7,9-10H,4-6,8H2,1-3H3,(H,13,14,15). The third-order valence-electron chi connectivity index (χ3n) is 2.09. The van der Waals surface area contributed by atoms with Crippen LogP contribution >= 0.6 is 0 Å². The predicted octanol–water partition coefficient (Wildman–Crippen LogP) is 2.12. The van der Waals surface area contributed by atoms with E-state index in [9.17, 15) is 0 Å². The van der Waals surface area contributed by atoms with Gasteiger partial charge in [0.15, 0.2) is 0 Å². The van der Waals surface area contributed by atoms with Crippen LogP contribution in [-0.4, -0.2) is 29.7 Å². The number of ether oxygens (including phenoxy) is 1. The zero-order chi connectivity index (χ0) is 11.8. The van der Waals surface area contributed by atoms with E-state index < -0.39 is 0 Å². The maximum absolute atomic E-state index is 5.47. The molecule has 0 saturated heterocycles. The molecule has 0 aromatic carbocycles. The van der Waals surface area contributed by atoms with E-state index in [0.29, 0.717) is 12.5 Å². The van der Waals surface area contributed by atoms with Crippen molar-refractivity contribution in [1.82, 2.24) is 9.97 Å². The van der Waals surface area contributed by atoms with Crippen LogP contribution in [0.2, 0.25) is 0 Å². The summed E-state index contributed by atoms with van der Waals surface area (Å²) < 4.78 is 5.47. The van der Waals surface area contributed by atoms with E-state index in [1.165, 1.54) is 0 Å². The Bertz CT molecular complexity index is 302. The highest BCUT2D eigenvalue weighted by atomic mass is 16.5. The Morgan fingerprint density at radius 2 is 2.19 bits per heavy atom. The summed E-state index contributed by atoms with van der Waals surface area (Å²) in [7, 11) is 0. The quantitative estimate of drug-likeness (QED) is 0.719. The molecule has 0 fully saturated rings. The maximum atomic E-state index is 5.47. The van der Waals surface area contributed by atoms with Crippen molar-refractivity contribution in [3.63, 3.8) is 0 Å². The van der Waals surface area contributed by atoms with Gasteiger partial charge in [-0.05, 0) is 12.3 Å². The molecule has 0 aliphatic rings. The SMILES string of the molecule is CCc1cc(NCCOCC(C)C)ncn1. The van der Waals surface area contributed by atoms with E-state index in [2.05, 4.69) is 36.1 Å². The highest BCUT2D eigenvalue weighted by Crippen LogP contribution is 2.03. The molecule has 16 heavy (non-hydrogen) atoms. The summed E-state index contributed by atoms with van der Waals surface area (Å²) in [6, 6.07) is 1.97. The molecule has 0 bridgehead atoms. The molecule has 90 valence electrons. The van der Waals surface area contributed by atoms with Crippen LogP contribution in [0.3, 0.4) is 0 Å². The van der Waals surface area contributed by atoms with E-state index in [1.54, 1.807) is 6.33 Å². The van der Waals surface area contributed by atoms with Crippen LogP contribution in [0.4, 0.5) is 5.82 Å². The Balaban J connectivity index is 2.21. The Morgan fingerprint density at radius 3 is 2.88 bits per heavy atom. The highest BCUT2D eigenvalue weighted by Gasteiger charge is 1.97. The molecule has 0 amide bonds. The summed E-state index contributed by atoms with van der Waals surface area (Å²) in [6.45, 7) is 8.68. The summed E-state index contributed by atoms with van der Waals surface area (Å²) in [5.74, 6) is 1.46. The van der Waals surface area contributed by atoms with Crippen molar-refractivity contribution < 1.29 is 4.74 Å². The van der Waals surface area contributed by atoms with E-state index in [4.69, 9.17) is 4.74 Å². The summed E-state index contributed by atoms with van der Waals surface area (Å²) in [4.78, 5) is 8.29. The number of hydrogen-bond acceptors (Lipinski definition) is 4. The van der Waals surface area contributed by atoms with E-state index >= 15 is 0 Å². The molecule has 0 aliphatic heterocycles. The van der Waals surface area contributed by atoms with Gasteiger partial charge in [0.1, 0.15) is 12.1 Å². The number of nitrogens with one attached hydrogen (secondary N) is 1. The fraction of sp³-hybridized carbons (Fsp3) is 0.667. The summed E-state index contributed by atoms with van der Waals surface area (Å²) >= 11 is 0. The van der Waals surface area contributed by atoms with Gasteiger partial charge in [-0.1, -0.05) is 20.8 Å². The van der Waals surface area contributed by atoms with Gasteiger partial charge in [-0.25, -0.2) is 9.97 Å². The molecule has 1 aromatic heterocycles. The molecular formula is C12H21N3O. The normalized spacial score (nSPS) is 10.8. The van der Waals surface area contributed by atoms with Gasteiger partial charge in [-0.2, -0.15) is 0 Å². The average molecular weight is 223 g/mol. The van der Waals surface area contributed by atoms with Crippen LogP contribution in [0.5, 0.6) is 0 Å².